The Kier molecular flexibility index (Phi) is 4.62. The molecular weight excluding hydrogens is 394 g/mol. The van der Waals surface area contributed by atoms with Gasteiger partial charge in [-0.15, -0.1) is 0 Å². The summed E-state index contributed by atoms with van der Waals surface area (Å²) >= 11 is 0. The van der Waals surface area contributed by atoms with Crippen molar-refractivity contribution in [1.29, 1.82) is 0 Å². The van der Waals surface area contributed by atoms with Crippen LogP contribution in [0.15, 0.2) is 66.7 Å². The number of aromatic nitrogens is 1. The van der Waals surface area contributed by atoms with E-state index >= 15 is 0 Å². The van der Waals surface area contributed by atoms with Gasteiger partial charge in [-0.3, -0.25) is 4.79 Å². The Bertz CT molecular complexity index is 1320. The third-order valence-electron chi connectivity index (χ3n) is 7.02. The molecule has 160 valence electrons. The predicted molar refractivity (Wildman–Crippen MR) is 130 cm³/mol. The molecule has 3 N–H and O–H groups in total. The van der Waals surface area contributed by atoms with Crippen molar-refractivity contribution < 1.29 is 4.79 Å². The molecule has 0 spiro atoms. The summed E-state index contributed by atoms with van der Waals surface area (Å²) in [6.07, 6.45) is 3.92. The molecule has 0 saturated heterocycles. The van der Waals surface area contributed by atoms with E-state index in [4.69, 9.17) is 0 Å². The minimum atomic E-state index is 0.0792. The van der Waals surface area contributed by atoms with Crippen molar-refractivity contribution in [3.05, 3.63) is 89.1 Å². The normalized spacial score (nSPS) is 18.3. The molecule has 6 rings (SSSR count). The van der Waals surface area contributed by atoms with E-state index in [1.54, 1.807) is 0 Å². The van der Waals surface area contributed by atoms with E-state index in [1.165, 1.54) is 45.3 Å². The van der Waals surface area contributed by atoms with Crippen molar-refractivity contribution in [2.24, 2.45) is 0 Å². The van der Waals surface area contributed by atoms with E-state index < -0.39 is 0 Å². The lowest BCUT2D eigenvalue weighted by Gasteiger charge is -2.27. The lowest BCUT2D eigenvalue weighted by molar-refractivity contribution is -0.115. The number of carbonyl (C=O) groups is 1. The van der Waals surface area contributed by atoms with E-state index in [-0.39, 0.29) is 5.91 Å². The Balaban J connectivity index is 1.34. The van der Waals surface area contributed by atoms with Crippen LogP contribution in [0.4, 0.5) is 5.69 Å². The number of nitrogens with one attached hydrogen (secondary N) is 3. The largest absolute Gasteiger partial charge is 0.357 e. The monoisotopic (exact) mass is 421 g/mol. The lowest BCUT2D eigenvalue weighted by Crippen LogP contribution is -2.27. The van der Waals surface area contributed by atoms with Crippen LogP contribution in [-0.2, 0) is 17.6 Å². The highest BCUT2D eigenvalue weighted by Crippen LogP contribution is 2.38. The Morgan fingerprint density at radius 2 is 1.81 bits per heavy atom. The van der Waals surface area contributed by atoms with Gasteiger partial charge in [-0.25, -0.2) is 0 Å². The van der Waals surface area contributed by atoms with Crippen molar-refractivity contribution in [1.82, 2.24) is 10.3 Å². The smallest absolute Gasteiger partial charge is 0.228 e. The standard InChI is InChI=1S/C28H27N3O/c1-17(18-6-3-2-4-7-18)29-26-9-5-8-22-23-15-20(11-13-25(23)31-28(22)26)19-10-12-24-21(14-19)16-27(32)30-24/h2-4,6-7,10-15,17,26,29,31H,5,8-9,16H2,1H3,(H,30,32)/t17-,26?/m1/s1. The van der Waals surface area contributed by atoms with Crippen LogP contribution in [0.1, 0.15) is 54.2 Å². The van der Waals surface area contributed by atoms with Gasteiger partial charge >= 0.3 is 0 Å². The highest BCUT2D eigenvalue weighted by atomic mass is 16.1. The maximum Gasteiger partial charge on any atom is 0.228 e. The Morgan fingerprint density at radius 1 is 1.00 bits per heavy atom. The molecular formula is C28H27N3O. The molecule has 2 heterocycles. The summed E-state index contributed by atoms with van der Waals surface area (Å²) in [5.74, 6) is 0.0792. The summed E-state index contributed by atoms with van der Waals surface area (Å²) < 4.78 is 0. The van der Waals surface area contributed by atoms with Crippen LogP contribution in [-0.4, -0.2) is 10.9 Å². The van der Waals surface area contributed by atoms with Gasteiger partial charge < -0.3 is 15.6 Å². The van der Waals surface area contributed by atoms with E-state index in [0.717, 1.165) is 24.1 Å². The number of rotatable bonds is 4. The summed E-state index contributed by atoms with van der Waals surface area (Å²) in [7, 11) is 0. The molecule has 0 saturated carbocycles. The number of fused-ring (bicyclic) bond motifs is 4. The number of amides is 1. The average molecular weight is 422 g/mol. The minimum Gasteiger partial charge on any atom is -0.357 e. The average Bonchev–Trinajstić information content (AvgIpc) is 3.38. The van der Waals surface area contributed by atoms with E-state index in [2.05, 4.69) is 83.2 Å². The first-order chi connectivity index (χ1) is 15.7. The first-order valence-electron chi connectivity index (χ1n) is 11.5. The molecule has 3 aromatic carbocycles. The number of H-pyrrole nitrogens is 1. The summed E-state index contributed by atoms with van der Waals surface area (Å²) in [5.41, 5.74) is 9.72. The number of aromatic amines is 1. The number of aryl methyl sites for hydroxylation is 1. The van der Waals surface area contributed by atoms with Gasteiger partial charge in [0.25, 0.3) is 0 Å². The van der Waals surface area contributed by atoms with E-state index in [1.807, 2.05) is 6.07 Å². The lowest BCUT2D eigenvalue weighted by atomic mass is 9.90. The molecule has 4 nitrogen and oxygen atoms in total. The summed E-state index contributed by atoms with van der Waals surface area (Å²) in [4.78, 5) is 15.5. The molecule has 0 bridgehead atoms. The zero-order valence-corrected chi connectivity index (χ0v) is 18.2. The number of anilines is 1. The third-order valence-corrected chi connectivity index (χ3v) is 7.02. The molecule has 32 heavy (non-hydrogen) atoms. The number of hydrogen-bond donors (Lipinski definition) is 3. The summed E-state index contributed by atoms with van der Waals surface area (Å²) in [5, 5.41) is 8.11. The molecule has 0 radical (unpaired) electrons. The van der Waals surface area contributed by atoms with Crippen molar-refractivity contribution >= 4 is 22.5 Å². The van der Waals surface area contributed by atoms with Gasteiger partial charge in [-0.05, 0) is 78.3 Å². The number of benzene rings is 3. The first-order valence-corrected chi connectivity index (χ1v) is 11.5. The molecule has 1 amide bonds. The fourth-order valence-corrected chi connectivity index (χ4v) is 5.36. The second kappa shape index (κ2) is 7.64. The van der Waals surface area contributed by atoms with Crippen LogP contribution in [0.3, 0.4) is 0 Å². The van der Waals surface area contributed by atoms with Crippen molar-refractivity contribution in [3.63, 3.8) is 0 Å². The maximum absolute atomic E-state index is 11.7. The molecule has 1 aliphatic carbocycles. The van der Waals surface area contributed by atoms with Gasteiger partial charge in [-0.1, -0.05) is 42.5 Å². The van der Waals surface area contributed by atoms with Gasteiger partial charge in [0.1, 0.15) is 0 Å². The van der Waals surface area contributed by atoms with E-state index in [0.29, 0.717) is 18.5 Å². The molecule has 2 aliphatic rings. The van der Waals surface area contributed by atoms with Gasteiger partial charge in [0.15, 0.2) is 0 Å². The van der Waals surface area contributed by atoms with Crippen molar-refractivity contribution in [2.45, 2.75) is 44.7 Å². The van der Waals surface area contributed by atoms with Crippen LogP contribution >= 0.6 is 0 Å². The first kappa shape index (κ1) is 19.3. The number of carbonyl (C=O) groups excluding carboxylic acids is 1. The molecule has 4 aromatic rings. The summed E-state index contributed by atoms with van der Waals surface area (Å²) in [6, 6.07) is 24.3. The Morgan fingerprint density at radius 3 is 2.69 bits per heavy atom. The molecule has 1 aliphatic heterocycles. The second-order valence-corrected chi connectivity index (χ2v) is 9.12. The molecule has 2 atom stereocenters. The minimum absolute atomic E-state index is 0.0792. The third kappa shape index (κ3) is 3.32. The van der Waals surface area contributed by atoms with Crippen molar-refractivity contribution in [3.8, 4) is 11.1 Å². The zero-order chi connectivity index (χ0) is 21.7. The van der Waals surface area contributed by atoms with Crippen LogP contribution in [0.25, 0.3) is 22.0 Å². The maximum atomic E-state index is 11.7. The fourth-order valence-electron chi connectivity index (χ4n) is 5.36. The Hall–Kier alpha value is -3.37. The predicted octanol–water partition coefficient (Wildman–Crippen LogP) is 6.06. The molecule has 1 aromatic heterocycles. The van der Waals surface area contributed by atoms with Gasteiger partial charge in [-0.2, -0.15) is 0 Å². The fraction of sp³-hybridized carbons (Fsp3) is 0.250. The van der Waals surface area contributed by atoms with Gasteiger partial charge in [0.05, 0.1) is 6.42 Å². The van der Waals surface area contributed by atoms with Crippen LogP contribution in [0, 0.1) is 0 Å². The second-order valence-electron chi connectivity index (χ2n) is 9.12. The van der Waals surface area contributed by atoms with Gasteiger partial charge in [0, 0.05) is 34.4 Å². The topological polar surface area (TPSA) is 56.9 Å². The van der Waals surface area contributed by atoms with Gasteiger partial charge in [0.2, 0.25) is 5.91 Å². The highest BCUT2D eigenvalue weighted by Gasteiger charge is 2.26. The molecule has 0 fully saturated rings. The van der Waals surface area contributed by atoms with E-state index in [9.17, 15) is 4.79 Å². The molecule has 1 unspecified atom stereocenters. The number of hydrogen-bond acceptors (Lipinski definition) is 2. The zero-order valence-electron chi connectivity index (χ0n) is 18.2. The Labute approximate surface area is 188 Å². The quantitative estimate of drug-likeness (QED) is 0.375. The van der Waals surface area contributed by atoms with Crippen molar-refractivity contribution in [2.75, 3.05) is 5.32 Å². The van der Waals surface area contributed by atoms with Crippen LogP contribution in [0.5, 0.6) is 0 Å². The highest BCUT2D eigenvalue weighted by molar-refractivity contribution is 6.00. The van der Waals surface area contributed by atoms with Crippen LogP contribution < -0.4 is 10.6 Å². The van der Waals surface area contributed by atoms with Crippen LogP contribution in [0.2, 0.25) is 0 Å². The SMILES string of the molecule is C[C@@H](NC1CCCc2c1[nH]c1ccc(-c3ccc4c(c3)CC(=O)N4)cc21)c1ccccc1. The molecule has 4 heteroatoms. The summed E-state index contributed by atoms with van der Waals surface area (Å²) in [6.45, 7) is 2.25.